The molecule has 8 nitrogen and oxygen atoms in total. The average Bonchev–Trinajstić information content (AvgIpc) is 3.22. The molecule has 33 heavy (non-hydrogen) atoms. The Kier molecular flexibility index (Phi) is 6.32. The van der Waals surface area contributed by atoms with Crippen LogP contribution in [0.25, 0.3) is 10.3 Å². The van der Waals surface area contributed by atoms with Crippen LogP contribution >= 0.6 is 11.3 Å². The Morgan fingerprint density at radius 1 is 1.00 bits per heavy atom. The molecule has 170 valence electrons. The molecule has 0 atom stereocenters. The smallest absolute Gasteiger partial charge is 0.225 e. The molecule has 1 aliphatic carbocycles. The number of aliphatic hydroxyl groups excluding tert-OH is 1. The van der Waals surface area contributed by atoms with Gasteiger partial charge in [0.2, 0.25) is 11.8 Å². The molecule has 3 aromatic heterocycles. The fourth-order valence-corrected chi connectivity index (χ4v) is 4.84. The lowest BCUT2D eigenvalue weighted by atomic mass is 9.93. The van der Waals surface area contributed by atoms with Crippen LogP contribution in [0.5, 0.6) is 5.88 Å². The quantitative estimate of drug-likeness (QED) is 0.368. The third-order valence-corrected chi connectivity index (χ3v) is 6.59. The van der Waals surface area contributed by atoms with E-state index in [0.29, 0.717) is 29.2 Å². The summed E-state index contributed by atoms with van der Waals surface area (Å²) in [6.45, 7) is 0. The third kappa shape index (κ3) is 5.37. The third-order valence-electron chi connectivity index (χ3n) is 5.71. The van der Waals surface area contributed by atoms with Crippen molar-refractivity contribution in [3.8, 4) is 5.88 Å². The lowest BCUT2D eigenvalue weighted by molar-refractivity contribution is 0.126. The Morgan fingerprint density at radius 3 is 2.61 bits per heavy atom. The highest BCUT2D eigenvalue weighted by Crippen LogP contribution is 2.29. The lowest BCUT2D eigenvalue weighted by Gasteiger charge is -2.26. The number of nitrogens with one attached hydrogen (secondary N) is 2. The van der Waals surface area contributed by atoms with Gasteiger partial charge < -0.3 is 20.5 Å². The summed E-state index contributed by atoms with van der Waals surface area (Å²) in [6.07, 6.45) is 3.91. The Bertz CT molecular complexity index is 1220. The number of rotatable bonds is 7. The highest BCUT2D eigenvalue weighted by Gasteiger charge is 2.20. The molecule has 0 saturated heterocycles. The summed E-state index contributed by atoms with van der Waals surface area (Å²) in [4.78, 5) is 19.4. The Morgan fingerprint density at radius 2 is 1.82 bits per heavy atom. The predicted octanol–water partition coefficient (Wildman–Crippen LogP) is 4.54. The summed E-state index contributed by atoms with van der Waals surface area (Å²) in [7, 11) is 1.60. The summed E-state index contributed by atoms with van der Waals surface area (Å²) in [6, 6.07) is 16.2. The van der Waals surface area contributed by atoms with Gasteiger partial charge in [0.25, 0.3) is 0 Å². The number of anilines is 3. The number of methoxy groups -OCH3 is 1. The van der Waals surface area contributed by atoms with E-state index in [-0.39, 0.29) is 12.1 Å². The van der Waals surface area contributed by atoms with Crippen LogP contribution in [0.2, 0.25) is 0 Å². The summed E-state index contributed by atoms with van der Waals surface area (Å²) >= 11 is 1.45. The van der Waals surface area contributed by atoms with Crippen molar-refractivity contribution in [2.24, 2.45) is 0 Å². The van der Waals surface area contributed by atoms with Crippen LogP contribution in [0.1, 0.15) is 36.9 Å². The van der Waals surface area contributed by atoms with E-state index in [4.69, 9.17) is 14.7 Å². The average molecular weight is 463 g/mol. The fourth-order valence-electron chi connectivity index (χ4n) is 4.00. The molecule has 3 heterocycles. The van der Waals surface area contributed by atoms with Crippen molar-refractivity contribution < 1.29 is 9.84 Å². The SMILES string of the molecule is COc1ccc2nc(Nc3cc(Cc4ccccc4)nc(N[C@H]4CC[C@H](O)CC4)n3)sc2n1. The van der Waals surface area contributed by atoms with Gasteiger partial charge in [-0.2, -0.15) is 4.98 Å². The molecule has 3 N–H and O–H groups in total. The second-order valence-corrected chi connectivity index (χ2v) is 9.18. The van der Waals surface area contributed by atoms with E-state index in [9.17, 15) is 5.11 Å². The molecule has 0 unspecified atom stereocenters. The predicted molar refractivity (Wildman–Crippen MR) is 130 cm³/mol. The molecule has 1 aromatic carbocycles. The second-order valence-electron chi connectivity index (χ2n) is 8.20. The van der Waals surface area contributed by atoms with Gasteiger partial charge in [-0.15, -0.1) is 0 Å². The van der Waals surface area contributed by atoms with Crippen LogP contribution in [0.4, 0.5) is 16.9 Å². The highest BCUT2D eigenvalue weighted by molar-refractivity contribution is 7.21. The molecule has 1 fully saturated rings. The van der Waals surface area contributed by atoms with Gasteiger partial charge in [-0.05, 0) is 37.3 Å². The van der Waals surface area contributed by atoms with Gasteiger partial charge in [0.1, 0.15) is 16.2 Å². The number of benzene rings is 1. The number of thiazole rings is 1. The fraction of sp³-hybridized carbons (Fsp3) is 0.333. The normalized spacial score (nSPS) is 18.2. The zero-order chi connectivity index (χ0) is 22.6. The molecule has 9 heteroatoms. The number of nitrogens with zero attached hydrogens (tertiary/aromatic N) is 4. The van der Waals surface area contributed by atoms with E-state index >= 15 is 0 Å². The van der Waals surface area contributed by atoms with Gasteiger partial charge in [0.05, 0.1) is 18.9 Å². The van der Waals surface area contributed by atoms with Gasteiger partial charge in [-0.25, -0.2) is 15.0 Å². The minimum atomic E-state index is -0.197. The minimum absolute atomic E-state index is 0.197. The van der Waals surface area contributed by atoms with Gasteiger partial charge in [-0.1, -0.05) is 41.7 Å². The first-order valence-corrected chi connectivity index (χ1v) is 11.9. The standard InChI is InChI=1S/C24H26N6O2S/c1-32-21-12-11-19-22(30-21)33-24(27-19)29-20-14-17(13-15-5-3-2-4-6-15)26-23(28-20)25-16-7-9-18(31)10-8-16/h2-6,11-12,14,16,18,31H,7-10,13H2,1H3,(H2,25,26,27,28,29)/t16-,18-. The van der Waals surface area contributed by atoms with E-state index in [1.54, 1.807) is 13.2 Å². The van der Waals surface area contributed by atoms with Gasteiger partial charge in [0, 0.05) is 24.6 Å². The van der Waals surface area contributed by atoms with Crippen LogP contribution < -0.4 is 15.4 Å². The van der Waals surface area contributed by atoms with Gasteiger partial charge >= 0.3 is 0 Å². The topological polar surface area (TPSA) is 105 Å². The number of hydrogen-bond donors (Lipinski definition) is 3. The summed E-state index contributed by atoms with van der Waals surface area (Å²) in [5, 5.41) is 17.3. The Balaban J connectivity index is 1.41. The molecular formula is C24H26N6O2S. The number of ether oxygens (including phenoxy) is 1. The monoisotopic (exact) mass is 462 g/mol. The summed E-state index contributed by atoms with van der Waals surface area (Å²) < 4.78 is 5.22. The summed E-state index contributed by atoms with van der Waals surface area (Å²) in [5.74, 6) is 1.84. The molecule has 1 saturated carbocycles. The first-order chi connectivity index (χ1) is 16.1. The van der Waals surface area contributed by atoms with Crippen LogP contribution in [-0.2, 0) is 6.42 Å². The van der Waals surface area contributed by atoms with Gasteiger partial charge in [-0.3, -0.25) is 0 Å². The molecular weight excluding hydrogens is 436 g/mol. The maximum atomic E-state index is 9.81. The van der Waals surface area contributed by atoms with Gasteiger partial charge in [0.15, 0.2) is 5.13 Å². The first-order valence-electron chi connectivity index (χ1n) is 11.1. The minimum Gasteiger partial charge on any atom is -0.481 e. The van der Waals surface area contributed by atoms with E-state index in [0.717, 1.165) is 41.7 Å². The zero-order valence-corrected chi connectivity index (χ0v) is 19.2. The van der Waals surface area contributed by atoms with E-state index in [1.807, 2.05) is 30.3 Å². The maximum Gasteiger partial charge on any atom is 0.225 e. The molecule has 0 bridgehead atoms. The maximum absolute atomic E-state index is 9.81. The highest BCUT2D eigenvalue weighted by atomic mass is 32.1. The van der Waals surface area contributed by atoms with Crippen molar-refractivity contribution in [1.82, 2.24) is 19.9 Å². The first kappa shape index (κ1) is 21.5. The van der Waals surface area contributed by atoms with Crippen LogP contribution in [0, 0.1) is 0 Å². The lowest BCUT2D eigenvalue weighted by Crippen LogP contribution is -2.29. The Hall–Kier alpha value is -3.30. The number of hydrogen-bond acceptors (Lipinski definition) is 9. The van der Waals surface area contributed by atoms with Crippen molar-refractivity contribution in [3.63, 3.8) is 0 Å². The molecule has 4 aromatic rings. The number of aromatic nitrogens is 4. The molecule has 0 amide bonds. The number of pyridine rings is 1. The molecule has 0 spiro atoms. The van der Waals surface area contributed by atoms with Crippen LogP contribution in [0.15, 0.2) is 48.5 Å². The zero-order valence-electron chi connectivity index (χ0n) is 18.4. The molecule has 0 aliphatic heterocycles. The van der Waals surface area contributed by atoms with E-state index in [2.05, 4.69) is 32.7 Å². The Labute approximate surface area is 196 Å². The number of fused-ring (bicyclic) bond motifs is 1. The van der Waals surface area contributed by atoms with E-state index < -0.39 is 0 Å². The van der Waals surface area contributed by atoms with Crippen molar-refractivity contribution in [1.29, 1.82) is 0 Å². The molecule has 5 rings (SSSR count). The van der Waals surface area contributed by atoms with Crippen molar-refractivity contribution in [2.75, 3.05) is 17.7 Å². The van der Waals surface area contributed by atoms with Crippen molar-refractivity contribution in [3.05, 3.63) is 59.8 Å². The molecule has 0 radical (unpaired) electrons. The van der Waals surface area contributed by atoms with Crippen LogP contribution in [-0.4, -0.2) is 44.3 Å². The second kappa shape index (κ2) is 9.68. The molecule has 1 aliphatic rings. The van der Waals surface area contributed by atoms with E-state index in [1.165, 1.54) is 16.9 Å². The largest absolute Gasteiger partial charge is 0.481 e. The van der Waals surface area contributed by atoms with Crippen molar-refractivity contribution in [2.45, 2.75) is 44.2 Å². The van der Waals surface area contributed by atoms with Crippen molar-refractivity contribution >= 4 is 38.6 Å². The summed E-state index contributed by atoms with van der Waals surface area (Å²) in [5.41, 5.74) is 2.91. The number of aliphatic hydroxyl groups is 1. The van der Waals surface area contributed by atoms with Crippen LogP contribution in [0.3, 0.4) is 0 Å².